The van der Waals surface area contributed by atoms with Crippen LogP contribution in [0.1, 0.15) is 42.6 Å². The molecule has 0 aliphatic rings. The van der Waals surface area contributed by atoms with Gasteiger partial charge in [0.25, 0.3) is 5.91 Å². The first-order valence-corrected chi connectivity index (χ1v) is 10.0. The molecule has 5 nitrogen and oxygen atoms in total. The van der Waals surface area contributed by atoms with Crippen LogP contribution in [0.5, 0.6) is 0 Å². The van der Waals surface area contributed by atoms with Crippen molar-refractivity contribution in [3.8, 4) is 0 Å². The van der Waals surface area contributed by atoms with Gasteiger partial charge >= 0.3 is 0 Å². The van der Waals surface area contributed by atoms with Crippen LogP contribution >= 0.6 is 11.6 Å². The number of anilines is 2. The molecule has 0 spiro atoms. The predicted molar refractivity (Wildman–Crippen MR) is 116 cm³/mol. The molecule has 6 heteroatoms. The van der Waals surface area contributed by atoms with Crippen LogP contribution in [0.3, 0.4) is 0 Å². The Kier molecular flexibility index (Phi) is 8.33. The first-order chi connectivity index (χ1) is 13.5. The average Bonchev–Trinajstić information content (AvgIpc) is 2.69. The summed E-state index contributed by atoms with van der Waals surface area (Å²) in [5.41, 5.74) is 2.98. The van der Waals surface area contributed by atoms with E-state index < -0.39 is 0 Å². The number of halogens is 1. The van der Waals surface area contributed by atoms with E-state index in [1.54, 1.807) is 24.3 Å². The van der Waals surface area contributed by atoms with E-state index in [4.69, 9.17) is 11.6 Å². The van der Waals surface area contributed by atoms with E-state index in [0.717, 1.165) is 37.2 Å². The minimum Gasteiger partial charge on any atom is -0.376 e. The summed E-state index contributed by atoms with van der Waals surface area (Å²) >= 11 is 6.07. The minimum atomic E-state index is -0.164. The monoisotopic (exact) mass is 401 g/mol. The highest BCUT2D eigenvalue weighted by Crippen LogP contribution is 2.22. The summed E-state index contributed by atoms with van der Waals surface area (Å²) in [6.45, 7) is 7.64. The fourth-order valence-electron chi connectivity index (χ4n) is 2.89. The molecule has 0 aromatic heterocycles. The second-order valence-corrected chi connectivity index (χ2v) is 7.09. The SMILES string of the molecule is CCCN(CCC)C(=O)c1ccc(NCC(=O)Nc2cccc(Cl)c2C)cc1. The molecule has 0 radical (unpaired) electrons. The van der Waals surface area contributed by atoms with Gasteiger partial charge in [-0.15, -0.1) is 0 Å². The zero-order valence-corrected chi connectivity index (χ0v) is 17.5. The van der Waals surface area contributed by atoms with Crippen molar-refractivity contribution in [3.05, 3.63) is 58.6 Å². The number of nitrogens with zero attached hydrogens (tertiary/aromatic N) is 1. The van der Waals surface area contributed by atoms with Gasteiger partial charge in [0.2, 0.25) is 5.91 Å². The molecule has 0 heterocycles. The van der Waals surface area contributed by atoms with Gasteiger partial charge in [0.1, 0.15) is 0 Å². The van der Waals surface area contributed by atoms with E-state index in [1.165, 1.54) is 0 Å². The molecular weight excluding hydrogens is 374 g/mol. The van der Waals surface area contributed by atoms with E-state index in [9.17, 15) is 9.59 Å². The lowest BCUT2D eigenvalue weighted by atomic mass is 10.1. The van der Waals surface area contributed by atoms with E-state index >= 15 is 0 Å². The largest absolute Gasteiger partial charge is 0.376 e. The third-order valence-electron chi connectivity index (χ3n) is 4.40. The molecular formula is C22H28ClN3O2. The first kappa shape index (κ1) is 21.8. The molecule has 28 heavy (non-hydrogen) atoms. The van der Waals surface area contributed by atoms with Crippen molar-refractivity contribution in [1.82, 2.24) is 4.90 Å². The van der Waals surface area contributed by atoms with E-state index in [-0.39, 0.29) is 18.4 Å². The Morgan fingerprint density at radius 1 is 1.00 bits per heavy atom. The summed E-state index contributed by atoms with van der Waals surface area (Å²) in [4.78, 5) is 26.7. The van der Waals surface area contributed by atoms with E-state index in [0.29, 0.717) is 16.3 Å². The average molecular weight is 402 g/mol. The summed E-state index contributed by atoms with van der Waals surface area (Å²) in [5.74, 6) is -0.119. The minimum absolute atomic E-state index is 0.0458. The summed E-state index contributed by atoms with van der Waals surface area (Å²) in [6, 6.07) is 12.6. The Bertz CT molecular complexity index is 800. The Morgan fingerprint density at radius 3 is 2.25 bits per heavy atom. The van der Waals surface area contributed by atoms with Crippen molar-refractivity contribution in [3.63, 3.8) is 0 Å². The summed E-state index contributed by atoms with van der Waals surface area (Å²) in [7, 11) is 0. The van der Waals surface area contributed by atoms with Gasteiger partial charge in [0.15, 0.2) is 0 Å². The van der Waals surface area contributed by atoms with Gasteiger partial charge in [0.05, 0.1) is 6.54 Å². The molecule has 150 valence electrons. The topological polar surface area (TPSA) is 61.4 Å². The molecule has 2 aromatic rings. The van der Waals surface area contributed by atoms with Crippen molar-refractivity contribution in [2.75, 3.05) is 30.3 Å². The van der Waals surface area contributed by atoms with Crippen LogP contribution in [0.15, 0.2) is 42.5 Å². The lowest BCUT2D eigenvalue weighted by Gasteiger charge is -2.21. The number of hydrogen-bond donors (Lipinski definition) is 2. The van der Waals surface area contributed by atoms with E-state index in [2.05, 4.69) is 24.5 Å². The van der Waals surface area contributed by atoms with Gasteiger partial charge in [-0.05, 0) is 61.7 Å². The van der Waals surface area contributed by atoms with Gasteiger partial charge in [-0.3, -0.25) is 9.59 Å². The number of benzene rings is 2. The zero-order chi connectivity index (χ0) is 20.5. The molecule has 0 unspecified atom stereocenters. The summed E-state index contributed by atoms with van der Waals surface area (Å²) in [5, 5.41) is 6.54. The third kappa shape index (κ3) is 5.99. The van der Waals surface area contributed by atoms with Gasteiger partial charge in [0, 0.05) is 35.1 Å². The van der Waals surface area contributed by atoms with Crippen molar-refractivity contribution < 1.29 is 9.59 Å². The number of carbonyl (C=O) groups is 2. The third-order valence-corrected chi connectivity index (χ3v) is 4.81. The molecule has 0 fully saturated rings. The maximum absolute atomic E-state index is 12.6. The Labute approximate surface area is 172 Å². The smallest absolute Gasteiger partial charge is 0.253 e. The van der Waals surface area contributed by atoms with Crippen LogP contribution in [0.4, 0.5) is 11.4 Å². The van der Waals surface area contributed by atoms with E-state index in [1.807, 2.05) is 30.0 Å². The molecule has 0 saturated heterocycles. The standard InChI is InChI=1S/C22H28ClN3O2/c1-4-13-26(14-5-2)22(28)17-9-11-18(12-10-17)24-15-21(27)25-20-8-6-7-19(23)16(20)3/h6-12,24H,4-5,13-15H2,1-3H3,(H,25,27). The van der Waals surface area contributed by atoms with Crippen LogP contribution in [0.25, 0.3) is 0 Å². The molecule has 0 atom stereocenters. The quantitative estimate of drug-likeness (QED) is 0.624. The van der Waals surface area contributed by atoms with Gasteiger partial charge < -0.3 is 15.5 Å². The second kappa shape index (κ2) is 10.7. The normalized spacial score (nSPS) is 10.4. The Hall–Kier alpha value is -2.53. The molecule has 2 amide bonds. The van der Waals surface area contributed by atoms with Crippen molar-refractivity contribution in [2.24, 2.45) is 0 Å². The lowest BCUT2D eigenvalue weighted by Crippen LogP contribution is -2.32. The van der Waals surface area contributed by atoms with Crippen LogP contribution in [-0.4, -0.2) is 36.3 Å². The molecule has 2 N–H and O–H groups in total. The fraction of sp³-hybridized carbons (Fsp3) is 0.364. The number of amides is 2. The van der Waals surface area contributed by atoms with Crippen molar-refractivity contribution in [2.45, 2.75) is 33.6 Å². The first-order valence-electron chi connectivity index (χ1n) is 9.64. The Morgan fingerprint density at radius 2 is 1.64 bits per heavy atom. The number of rotatable bonds is 9. The highest BCUT2D eigenvalue weighted by Gasteiger charge is 2.14. The second-order valence-electron chi connectivity index (χ2n) is 6.68. The molecule has 0 bridgehead atoms. The molecule has 0 aliphatic heterocycles. The van der Waals surface area contributed by atoms with Crippen molar-refractivity contribution >= 4 is 34.8 Å². The van der Waals surface area contributed by atoms with Crippen molar-refractivity contribution in [1.29, 1.82) is 0 Å². The summed E-state index contributed by atoms with van der Waals surface area (Å²) < 4.78 is 0. The molecule has 2 rings (SSSR count). The molecule has 0 saturated carbocycles. The van der Waals surface area contributed by atoms with Gasteiger partial charge in [-0.25, -0.2) is 0 Å². The highest BCUT2D eigenvalue weighted by atomic mass is 35.5. The predicted octanol–water partition coefficient (Wildman–Crippen LogP) is 4.96. The van der Waals surface area contributed by atoms with Gasteiger partial charge in [-0.2, -0.15) is 0 Å². The van der Waals surface area contributed by atoms with Crippen LogP contribution < -0.4 is 10.6 Å². The maximum atomic E-state index is 12.6. The summed E-state index contributed by atoms with van der Waals surface area (Å²) in [6.07, 6.45) is 1.87. The number of carbonyl (C=O) groups excluding carboxylic acids is 2. The van der Waals surface area contributed by atoms with Crippen LogP contribution in [0, 0.1) is 6.92 Å². The molecule has 2 aromatic carbocycles. The number of hydrogen-bond acceptors (Lipinski definition) is 3. The lowest BCUT2D eigenvalue weighted by molar-refractivity contribution is -0.114. The highest BCUT2D eigenvalue weighted by molar-refractivity contribution is 6.31. The van der Waals surface area contributed by atoms with Gasteiger partial charge in [-0.1, -0.05) is 31.5 Å². The Balaban J connectivity index is 1.92. The fourth-order valence-corrected chi connectivity index (χ4v) is 3.06. The zero-order valence-electron chi connectivity index (χ0n) is 16.7. The van der Waals surface area contributed by atoms with Crippen LogP contribution in [-0.2, 0) is 4.79 Å². The number of nitrogens with one attached hydrogen (secondary N) is 2. The van der Waals surface area contributed by atoms with Crippen LogP contribution in [0.2, 0.25) is 5.02 Å². The maximum Gasteiger partial charge on any atom is 0.253 e. The molecule has 0 aliphatic carbocycles.